The highest BCUT2D eigenvalue weighted by molar-refractivity contribution is 5.75. The molecule has 0 bridgehead atoms. The summed E-state index contributed by atoms with van der Waals surface area (Å²) in [6.07, 6.45) is 1.32. The van der Waals surface area contributed by atoms with Crippen molar-refractivity contribution in [2.75, 3.05) is 13.2 Å². The molecule has 2 rings (SSSR count). The van der Waals surface area contributed by atoms with Crippen LogP contribution in [0.15, 0.2) is 18.2 Å². The maximum absolute atomic E-state index is 13.2. The first kappa shape index (κ1) is 13.9. The van der Waals surface area contributed by atoms with E-state index in [-0.39, 0.29) is 17.9 Å². The van der Waals surface area contributed by atoms with Crippen molar-refractivity contribution in [3.8, 4) is 0 Å². The zero-order valence-corrected chi connectivity index (χ0v) is 10.8. The molecular formula is C14H17F2NO2. The van der Waals surface area contributed by atoms with Crippen LogP contribution in [-0.2, 0) is 9.53 Å². The lowest BCUT2D eigenvalue weighted by atomic mass is 9.88. The number of ether oxygens (including phenoxy) is 1. The lowest BCUT2D eigenvalue weighted by Crippen LogP contribution is -2.44. The molecule has 1 heterocycles. The molecule has 5 heteroatoms. The van der Waals surface area contributed by atoms with Crippen molar-refractivity contribution < 1.29 is 18.3 Å². The lowest BCUT2D eigenvalue weighted by Gasteiger charge is -2.28. The third-order valence-corrected chi connectivity index (χ3v) is 3.34. The Hall–Kier alpha value is -1.49. The van der Waals surface area contributed by atoms with Crippen LogP contribution >= 0.6 is 0 Å². The van der Waals surface area contributed by atoms with E-state index in [0.29, 0.717) is 31.6 Å². The van der Waals surface area contributed by atoms with Gasteiger partial charge in [-0.25, -0.2) is 8.78 Å². The predicted octanol–water partition coefficient (Wildman–Crippen LogP) is 2.36. The minimum Gasteiger partial charge on any atom is -0.465 e. The Labute approximate surface area is 111 Å². The summed E-state index contributed by atoms with van der Waals surface area (Å²) in [5.74, 6) is -1.37. The SMILES string of the molecule is CCOC(=O)[C@H]1CC[C@@H](c2cc(F)cc(F)c2)CN1. The number of hydrogen-bond donors (Lipinski definition) is 1. The topological polar surface area (TPSA) is 38.3 Å². The average Bonchev–Trinajstić information content (AvgIpc) is 2.38. The molecule has 1 aliphatic rings. The van der Waals surface area contributed by atoms with Crippen LogP contribution in [-0.4, -0.2) is 25.2 Å². The van der Waals surface area contributed by atoms with Crippen molar-refractivity contribution in [3.05, 3.63) is 35.4 Å². The molecule has 2 atom stereocenters. The van der Waals surface area contributed by atoms with Gasteiger partial charge in [0.25, 0.3) is 0 Å². The second-order valence-corrected chi connectivity index (χ2v) is 4.69. The summed E-state index contributed by atoms with van der Waals surface area (Å²) < 4.78 is 31.2. The smallest absolute Gasteiger partial charge is 0.323 e. The van der Waals surface area contributed by atoms with Gasteiger partial charge in [-0.1, -0.05) is 0 Å². The van der Waals surface area contributed by atoms with Crippen molar-refractivity contribution in [2.24, 2.45) is 0 Å². The van der Waals surface area contributed by atoms with Crippen LogP contribution in [0.2, 0.25) is 0 Å². The Morgan fingerprint density at radius 3 is 2.53 bits per heavy atom. The van der Waals surface area contributed by atoms with Crippen molar-refractivity contribution in [3.63, 3.8) is 0 Å². The number of piperidine rings is 1. The van der Waals surface area contributed by atoms with E-state index >= 15 is 0 Å². The van der Waals surface area contributed by atoms with E-state index < -0.39 is 11.6 Å². The molecule has 1 N–H and O–H groups in total. The highest BCUT2D eigenvalue weighted by Gasteiger charge is 2.27. The second-order valence-electron chi connectivity index (χ2n) is 4.69. The van der Waals surface area contributed by atoms with E-state index in [9.17, 15) is 13.6 Å². The summed E-state index contributed by atoms with van der Waals surface area (Å²) in [6.45, 7) is 2.64. The normalized spacial score (nSPS) is 23.1. The van der Waals surface area contributed by atoms with E-state index in [1.807, 2.05) is 0 Å². The summed E-state index contributed by atoms with van der Waals surface area (Å²) in [6, 6.07) is 3.25. The minimum absolute atomic E-state index is 0.0240. The van der Waals surface area contributed by atoms with Gasteiger partial charge in [0.2, 0.25) is 0 Å². The number of halogens is 2. The standard InChI is InChI=1S/C14H17F2NO2/c1-2-19-14(18)13-4-3-9(8-17-13)10-5-11(15)7-12(16)6-10/h5-7,9,13,17H,2-4,8H2,1H3/t9-,13-/m1/s1. The second kappa shape index (κ2) is 6.10. The number of nitrogens with one attached hydrogen (secondary N) is 1. The summed E-state index contributed by atoms with van der Waals surface area (Å²) in [7, 11) is 0. The van der Waals surface area contributed by atoms with Gasteiger partial charge in [-0.2, -0.15) is 0 Å². The Bertz CT molecular complexity index is 437. The van der Waals surface area contributed by atoms with Crippen molar-refractivity contribution >= 4 is 5.97 Å². The number of hydrogen-bond acceptors (Lipinski definition) is 3. The summed E-state index contributed by atoms with van der Waals surface area (Å²) >= 11 is 0. The summed E-state index contributed by atoms with van der Waals surface area (Å²) in [5.41, 5.74) is 0.632. The number of benzene rings is 1. The van der Waals surface area contributed by atoms with Crippen LogP contribution in [0.25, 0.3) is 0 Å². The molecule has 1 saturated heterocycles. The molecule has 0 aromatic heterocycles. The zero-order valence-electron chi connectivity index (χ0n) is 10.8. The van der Waals surface area contributed by atoms with Crippen LogP contribution in [0, 0.1) is 11.6 Å². The zero-order chi connectivity index (χ0) is 13.8. The Balaban J connectivity index is 1.97. The van der Waals surface area contributed by atoms with E-state index in [0.717, 1.165) is 6.07 Å². The molecule has 0 unspecified atom stereocenters. The fraction of sp³-hybridized carbons (Fsp3) is 0.500. The first-order valence-corrected chi connectivity index (χ1v) is 6.46. The third-order valence-electron chi connectivity index (χ3n) is 3.34. The maximum atomic E-state index is 13.2. The maximum Gasteiger partial charge on any atom is 0.323 e. The van der Waals surface area contributed by atoms with Crippen molar-refractivity contribution in [2.45, 2.75) is 31.7 Å². The van der Waals surface area contributed by atoms with Crippen LogP contribution in [0.4, 0.5) is 8.78 Å². The highest BCUT2D eigenvalue weighted by Crippen LogP contribution is 2.26. The summed E-state index contributed by atoms with van der Waals surface area (Å²) in [5, 5.41) is 3.07. The molecule has 1 fully saturated rings. The number of carbonyl (C=O) groups is 1. The minimum atomic E-state index is -0.567. The Kier molecular flexibility index (Phi) is 4.47. The molecule has 3 nitrogen and oxygen atoms in total. The van der Waals surface area contributed by atoms with Gasteiger partial charge in [0.05, 0.1) is 6.61 Å². The monoisotopic (exact) mass is 269 g/mol. The van der Waals surface area contributed by atoms with E-state index in [1.54, 1.807) is 6.92 Å². The Morgan fingerprint density at radius 2 is 2.00 bits per heavy atom. The van der Waals surface area contributed by atoms with Crippen molar-refractivity contribution in [1.29, 1.82) is 0 Å². The van der Waals surface area contributed by atoms with Gasteiger partial charge in [0.1, 0.15) is 17.7 Å². The van der Waals surface area contributed by atoms with Gasteiger partial charge >= 0.3 is 5.97 Å². The third kappa shape index (κ3) is 3.50. The lowest BCUT2D eigenvalue weighted by molar-refractivity contribution is -0.146. The largest absolute Gasteiger partial charge is 0.465 e. The fourth-order valence-corrected chi connectivity index (χ4v) is 2.40. The molecule has 0 aliphatic carbocycles. The van der Waals surface area contributed by atoms with Gasteiger partial charge in [-0.05, 0) is 43.4 Å². The molecule has 0 amide bonds. The van der Waals surface area contributed by atoms with E-state index in [2.05, 4.69) is 5.32 Å². The molecule has 0 spiro atoms. The number of rotatable bonds is 3. The first-order chi connectivity index (χ1) is 9.10. The fourth-order valence-electron chi connectivity index (χ4n) is 2.40. The van der Waals surface area contributed by atoms with Gasteiger partial charge in [-0.15, -0.1) is 0 Å². The van der Waals surface area contributed by atoms with Crippen molar-refractivity contribution in [1.82, 2.24) is 5.32 Å². The Morgan fingerprint density at radius 1 is 1.32 bits per heavy atom. The number of carbonyl (C=O) groups excluding carboxylic acids is 1. The van der Waals surface area contributed by atoms with Gasteiger partial charge in [-0.3, -0.25) is 4.79 Å². The number of esters is 1. The molecule has 0 radical (unpaired) electrons. The van der Waals surface area contributed by atoms with E-state index in [4.69, 9.17) is 4.74 Å². The van der Waals surface area contributed by atoms with Gasteiger partial charge in [0, 0.05) is 12.6 Å². The van der Waals surface area contributed by atoms with Gasteiger partial charge < -0.3 is 10.1 Å². The van der Waals surface area contributed by atoms with Crippen LogP contribution in [0.5, 0.6) is 0 Å². The quantitative estimate of drug-likeness (QED) is 0.856. The highest BCUT2D eigenvalue weighted by atomic mass is 19.1. The predicted molar refractivity (Wildman–Crippen MR) is 66.8 cm³/mol. The summed E-state index contributed by atoms with van der Waals surface area (Å²) in [4.78, 5) is 11.5. The molecule has 19 heavy (non-hydrogen) atoms. The average molecular weight is 269 g/mol. The molecular weight excluding hydrogens is 252 g/mol. The van der Waals surface area contributed by atoms with Crippen LogP contribution in [0.1, 0.15) is 31.2 Å². The molecule has 1 aromatic rings. The van der Waals surface area contributed by atoms with Gasteiger partial charge in [0.15, 0.2) is 0 Å². The molecule has 0 saturated carbocycles. The molecule has 104 valence electrons. The first-order valence-electron chi connectivity index (χ1n) is 6.46. The molecule has 1 aromatic carbocycles. The van der Waals surface area contributed by atoms with E-state index in [1.165, 1.54) is 12.1 Å². The van der Waals surface area contributed by atoms with Crippen LogP contribution in [0.3, 0.4) is 0 Å². The molecule has 1 aliphatic heterocycles. The van der Waals surface area contributed by atoms with Crippen LogP contribution < -0.4 is 5.32 Å².